The summed E-state index contributed by atoms with van der Waals surface area (Å²) in [6.45, 7) is 1.36. The van der Waals surface area contributed by atoms with Gasteiger partial charge in [0.15, 0.2) is 0 Å². The highest BCUT2D eigenvalue weighted by molar-refractivity contribution is 5.96. The SMILES string of the molecule is COc1ccc(C(=O)N2CCC(n3cc(COc4cnccn4)nn3)C2)c(OC)n1. The van der Waals surface area contributed by atoms with E-state index < -0.39 is 0 Å². The molecule has 156 valence electrons. The van der Waals surface area contributed by atoms with Crippen LogP contribution in [0.4, 0.5) is 0 Å². The minimum atomic E-state index is -0.143. The molecule has 30 heavy (non-hydrogen) atoms. The third-order valence-electron chi connectivity index (χ3n) is 4.76. The van der Waals surface area contributed by atoms with Gasteiger partial charge in [0.25, 0.3) is 5.91 Å². The van der Waals surface area contributed by atoms with Gasteiger partial charge in [-0.25, -0.2) is 9.67 Å². The van der Waals surface area contributed by atoms with Gasteiger partial charge in [-0.1, -0.05) is 5.21 Å². The summed E-state index contributed by atoms with van der Waals surface area (Å²) in [6.07, 6.45) is 7.26. The van der Waals surface area contributed by atoms with Crippen molar-refractivity contribution in [3.63, 3.8) is 0 Å². The number of methoxy groups -OCH3 is 2. The first-order valence-electron chi connectivity index (χ1n) is 9.35. The number of aromatic nitrogens is 6. The van der Waals surface area contributed by atoms with Gasteiger partial charge in [0.05, 0.1) is 32.7 Å². The summed E-state index contributed by atoms with van der Waals surface area (Å²) in [5.41, 5.74) is 1.07. The van der Waals surface area contributed by atoms with Gasteiger partial charge in [-0.2, -0.15) is 4.98 Å². The molecule has 4 heterocycles. The molecule has 3 aromatic heterocycles. The second kappa shape index (κ2) is 8.72. The molecule has 1 amide bonds. The fraction of sp³-hybridized carbons (Fsp3) is 0.368. The van der Waals surface area contributed by atoms with Gasteiger partial charge < -0.3 is 19.1 Å². The van der Waals surface area contributed by atoms with Crippen LogP contribution in [0.5, 0.6) is 17.6 Å². The highest BCUT2D eigenvalue weighted by Crippen LogP contribution is 2.26. The van der Waals surface area contributed by atoms with E-state index in [-0.39, 0.29) is 24.4 Å². The van der Waals surface area contributed by atoms with Crippen LogP contribution in [0.15, 0.2) is 36.9 Å². The highest BCUT2D eigenvalue weighted by Gasteiger charge is 2.30. The molecule has 1 unspecified atom stereocenters. The van der Waals surface area contributed by atoms with Crippen LogP contribution in [0.3, 0.4) is 0 Å². The van der Waals surface area contributed by atoms with E-state index in [0.717, 1.165) is 6.42 Å². The van der Waals surface area contributed by atoms with Crippen LogP contribution in [-0.4, -0.2) is 68.1 Å². The largest absolute Gasteiger partial charge is 0.481 e. The number of carbonyl (C=O) groups is 1. The maximum atomic E-state index is 13.0. The summed E-state index contributed by atoms with van der Waals surface area (Å²) in [4.78, 5) is 26.9. The lowest BCUT2D eigenvalue weighted by Gasteiger charge is -2.18. The molecular weight excluding hydrogens is 390 g/mol. The summed E-state index contributed by atoms with van der Waals surface area (Å²) in [5.74, 6) is 0.913. The molecule has 1 aliphatic heterocycles. The molecule has 4 rings (SSSR count). The Morgan fingerprint density at radius 2 is 2.10 bits per heavy atom. The van der Waals surface area contributed by atoms with E-state index in [9.17, 15) is 4.79 Å². The Morgan fingerprint density at radius 1 is 1.20 bits per heavy atom. The van der Waals surface area contributed by atoms with Crippen molar-refractivity contribution < 1.29 is 19.0 Å². The van der Waals surface area contributed by atoms with Gasteiger partial charge in [0.2, 0.25) is 17.6 Å². The highest BCUT2D eigenvalue weighted by atomic mass is 16.5. The molecule has 11 nitrogen and oxygen atoms in total. The van der Waals surface area contributed by atoms with E-state index in [1.807, 2.05) is 6.20 Å². The summed E-state index contributed by atoms with van der Waals surface area (Å²) < 4.78 is 17.7. The smallest absolute Gasteiger partial charge is 0.259 e. The fourth-order valence-electron chi connectivity index (χ4n) is 3.23. The third kappa shape index (κ3) is 4.14. The molecule has 0 radical (unpaired) electrons. The van der Waals surface area contributed by atoms with Crippen LogP contribution >= 0.6 is 0 Å². The van der Waals surface area contributed by atoms with Crippen LogP contribution in [0.25, 0.3) is 0 Å². The number of amides is 1. The quantitative estimate of drug-likeness (QED) is 0.564. The average Bonchev–Trinajstić information content (AvgIpc) is 3.47. The first kappa shape index (κ1) is 19.6. The molecule has 3 aromatic rings. The topological polar surface area (TPSA) is 117 Å². The van der Waals surface area contributed by atoms with Crippen molar-refractivity contribution in [3.05, 3.63) is 48.2 Å². The Hall–Kier alpha value is -3.76. The Balaban J connectivity index is 1.39. The number of nitrogens with zero attached hydrogens (tertiary/aromatic N) is 7. The number of hydrogen-bond donors (Lipinski definition) is 0. The molecule has 0 saturated carbocycles. The molecule has 11 heteroatoms. The lowest BCUT2D eigenvalue weighted by Crippen LogP contribution is -2.29. The normalized spacial score (nSPS) is 15.8. The summed E-state index contributed by atoms with van der Waals surface area (Å²) in [5, 5.41) is 8.34. The number of pyridine rings is 1. The number of ether oxygens (including phenoxy) is 3. The molecule has 1 atom stereocenters. The molecule has 0 N–H and O–H groups in total. The van der Waals surface area contributed by atoms with Gasteiger partial charge in [0, 0.05) is 31.5 Å². The summed E-state index contributed by atoms with van der Waals surface area (Å²) in [7, 11) is 2.99. The number of hydrogen-bond acceptors (Lipinski definition) is 9. The molecule has 0 aliphatic carbocycles. The van der Waals surface area contributed by atoms with E-state index in [1.54, 1.807) is 34.1 Å². The average molecular weight is 411 g/mol. The van der Waals surface area contributed by atoms with Gasteiger partial charge in [-0.3, -0.25) is 9.78 Å². The van der Waals surface area contributed by atoms with Crippen molar-refractivity contribution in [1.82, 2.24) is 34.8 Å². The molecule has 1 saturated heterocycles. The zero-order valence-electron chi connectivity index (χ0n) is 16.6. The predicted octanol–water partition coefficient (Wildman–Crippen LogP) is 1.15. The molecule has 1 fully saturated rings. The van der Waals surface area contributed by atoms with Crippen LogP contribution in [0.2, 0.25) is 0 Å². The van der Waals surface area contributed by atoms with E-state index in [4.69, 9.17) is 14.2 Å². The summed E-state index contributed by atoms with van der Waals surface area (Å²) >= 11 is 0. The van der Waals surface area contributed by atoms with Crippen molar-refractivity contribution >= 4 is 5.91 Å². The van der Waals surface area contributed by atoms with E-state index in [2.05, 4.69) is 25.3 Å². The first-order valence-corrected chi connectivity index (χ1v) is 9.35. The Labute approximate surface area is 172 Å². The molecule has 0 aromatic carbocycles. The lowest BCUT2D eigenvalue weighted by atomic mass is 10.2. The minimum absolute atomic E-state index is 0.0314. The van der Waals surface area contributed by atoms with Crippen molar-refractivity contribution in [1.29, 1.82) is 0 Å². The van der Waals surface area contributed by atoms with Gasteiger partial charge in [-0.15, -0.1) is 5.10 Å². The van der Waals surface area contributed by atoms with E-state index in [0.29, 0.717) is 36.1 Å². The van der Waals surface area contributed by atoms with E-state index in [1.165, 1.54) is 20.4 Å². The minimum Gasteiger partial charge on any atom is -0.481 e. The van der Waals surface area contributed by atoms with Crippen molar-refractivity contribution in [2.24, 2.45) is 0 Å². The Bertz CT molecular complexity index is 1010. The van der Waals surface area contributed by atoms with Crippen LogP contribution in [0.1, 0.15) is 28.5 Å². The predicted molar refractivity (Wildman–Crippen MR) is 103 cm³/mol. The monoisotopic (exact) mass is 411 g/mol. The number of rotatable bonds is 7. The summed E-state index contributed by atoms with van der Waals surface area (Å²) in [6, 6.07) is 3.34. The molecular formula is C19H21N7O4. The lowest BCUT2D eigenvalue weighted by molar-refractivity contribution is 0.0782. The maximum absolute atomic E-state index is 13.0. The zero-order valence-corrected chi connectivity index (χ0v) is 16.6. The van der Waals surface area contributed by atoms with Crippen molar-refractivity contribution in [3.8, 4) is 17.6 Å². The van der Waals surface area contributed by atoms with Crippen LogP contribution in [0, 0.1) is 0 Å². The number of likely N-dealkylation sites (tertiary alicyclic amines) is 1. The second-order valence-electron chi connectivity index (χ2n) is 6.63. The maximum Gasteiger partial charge on any atom is 0.259 e. The molecule has 1 aliphatic rings. The standard InChI is InChI=1S/C19H21N7O4/c1-28-16-4-3-15(18(22-16)29-2)19(27)25-8-5-14(11-25)26-10-13(23-24-26)12-30-17-9-20-6-7-21-17/h3-4,6-7,9-10,14H,5,8,11-12H2,1-2H3. The van der Waals surface area contributed by atoms with Crippen molar-refractivity contribution in [2.75, 3.05) is 27.3 Å². The zero-order chi connectivity index (χ0) is 20.9. The van der Waals surface area contributed by atoms with Crippen molar-refractivity contribution in [2.45, 2.75) is 19.1 Å². The van der Waals surface area contributed by atoms with E-state index >= 15 is 0 Å². The van der Waals surface area contributed by atoms with Gasteiger partial charge >= 0.3 is 0 Å². The Morgan fingerprint density at radius 3 is 2.87 bits per heavy atom. The molecule has 0 bridgehead atoms. The Kier molecular flexibility index (Phi) is 5.68. The first-order chi connectivity index (χ1) is 14.7. The molecule has 0 spiro atoms. The second-order valence-corrected chi connectivity index (χ2v) is 6.63. The third-order valence-corrected chi connectivity index (χ3v) is 4.76. The van der Waals surface area contributed by atoms with Crippen LogP contribution < -0.4 is 14.2 Å². The van der Waals surface area contributed by atoms with Gasteiger partial charge in [-0.05, 0) is 12.5 Å². The van der Waals surface area contributed by atoms with Crippen LogP contribution in [-0.2, 0) is 6.61 Å². The fourth-order valence-corrected chi connectivity index (χ4v) is 3.23. The number of carbonyl (C=O) groups excluding carboxylic acids is 1. The van der Waals surface area contributed by atoms with Gasteiger partial charge in [0.1, 0.15) is 17.9 Å².